The molecule has 0 aliphatic carbocycles. The number of halogens is 3. The summed E-state index contributed by atoms with van der Waals surface area (Å²) in [5.41, 5.74) is 3.51. The lowest BCUT2D eigenvalue weighted by atomic mass is 10.1. The van der Waals surface area contributed by atoms with Gasteiger partial charge in [-0.25, -0.2) is 4.79 Å². The summed E-state index contributed by atoms with van der Waals surface area (Å²) in [6, 6.07) is 13.8. The average Bonchev–Trinajstić information content (AvgIpc) is 2.76. The number of benzene rings is 3. The number of hydrogen-bond acceptors (Lipinski definition) is 4. The van der Waals surface area contributed by atoms with Crippen molar-refractivity contribution in [3.05, 3.63) is 85.9 Å². The van der Waals surface area contributed by atoms with Crippen LogP contribution in [0.1, 0.15) is 34.0 Å². The third-order valence-electron chi connectivity index (χ3n) is 4.74. The minimum Gasteiger partial charge on any atom is -0.490 e. The topological polar surface area (TPSA) is 67.8 Å². The van der Waals surface area contributed by atoms with E-state index >= 15 is 0 Å². The van der Waals surface area contributed by atoms with Crippen LogP contribution < -0.4 is 14.8 Å². The molecule has 0 heterocycles. The third kappa shape index (κ3) is 6.00. The maximum absolute atomic E-state index is 11.3. The minimum absolute atomic E-state index is 0.213. The second kappa shape index (κ2) is 10.8. The fraction of sp³-hybridized carbons (Fsp3) is 0.208. The number of ether oxygens (including phenoxy) is 2. The average molecular weight is 495 g/mol. The second-order valence-electron chi connectivity index (χ2n) is 7.05. The van der Waals surface area contributed by atoms with Crippen molar-refractivity contribution in [2.45, 2.75) is 27.0 Å². The lowest BCUT2D eigenvalue weighted by molar-refractivity contribution is 0.0697. The Morgan fingerprint density at radius 2 is 1.69 bits per heavy atom. The van der Waals surface area contributed by atoms with Crippen molar-refractivity contribution < 1.29 is 19.4 Å². The molecule has 0 atom stereocenters. The molecule has 0 bridgehead atoms. The fourth-order valence-electron chi connectivity index (χ4n) is 3.02. The molecule has 3 aromatic carbocycles. The molecule has 168 valence electrons. The number of anilines is 1. The minimum atomic E-state index is -0.979. The normalized spacial score (nSPS) is 10.7. The van der Waals surface area contributed by atoms with Crippen molar-refractivity contribution in [1.82, 2.24) is 0 Å². The molecule has 32 heavy (non-hydrogen) atoms. The number of carbonyl (C=O) groups is 1. The Morgan fingerprint density at radius 1 is 0.938 bits per heavy atom. The van der Waals surface area contributed by atoms with Crippen molar-refractivity contribution in [2.75, 3.05) is 11.9 Å². The van der Waals surface area contributed by atoms with Gasteiger partial charge in [0.1, 0.15) is 6.61 Å². The van der Waals surface area contributed by atoms with Gasteiger partial charge in [0.2, 0.25) is 0 Å². The van der Waals surface area contributed by atoms with Gasteiger partial charge in [0.25, 0.3) is 0 Å². The number of carboxylic acids is 1. The van der Waals surface area contributed by atoms with E-state index in [0.29, 0.717) is 39.7 Å². The molecule has 0 amide bonds. The highest BCUT2D eigenvalue weighted by atomic mass is 35.5. The molecule has 0 saturated carbocycles. The van der Waals surface area contributed by atoms with E-state index in [0.717, 1.165) is 22.4 Å². The van der Waals surface area contributed by atoms with Crippen LogP contribution in [-0.2, 0) is 13.2 Å². The fourth-order valence-corrected chi connectivity index (χ4v) is 3.56. The Hall–Kier alpha value is -2.60. The van der Waals surface area contributed by atoms with Gasteiger partial charge < -0.3 is 19.9 Å². The highest BCUT2D eigenvalue weighted by Crippen LogP contribution is 2.35. The van der Waals surface area contributed by atoms with Gasteiger partial charge in [0, 0.05) is 23.3 Å². The zero-order valence-electron chi connectivity index (χ0n) is 17.5. The monoisotopic (exact) mass is 493 g/mol. The lowest BCUT2D eigenvalue weighted by Crippen LogP contribution is -2.06. The van der Waals surface area contributed by atoms with Crippen molar-refractivity contribution in [1.29, 1.82) is 0 Å². The van der Waals surface area contributed by atoms with Gasteiger partial charge >= 0.3 is 5.97 Å². The molecular formula is C24H22Cl3NO4. The first-order chi connectivity index (χ1) is 15.3. The second-order valence-corrected chi connectivity index (χ2v) is 8.27. The van der Waals surface area contributed by atoms with Gasteiger partial charge in [-0.3, -0.25) is 0 Å². The molecule has 0 aromatic heterocycles. The lowest BCUT2D eigenvalue weighted by Gasteiger charge is -2.16. The van der Waals surface area contributed by atoms with Crippen molar-refractivity contribution >= 4 is 46.5 Å². The van der Waals surface area contributed by atoms with E-state index < -0.39 is 5.97 Å². The summed E-state index contributed by atoms with van der Waals surface area (Å²) in [6.45, 7) is 4.90. The summed E-state index contributed by atoms with van der Waals surface area (Å²) in [4.78, 5) is 11.3. The molecule has 3 rings (SSSR count). The number of rotatable bonds is 9. The SMILES string of the molecule is CCOc1cc(CNc2cc(C(=O)O)ccc2C)c(Cl)cc1OCc1ccc(Cl)c(Cl)c1. The Labute approximate surface area is 201 Å². The van der Waals surface area contributed by atoms with E-state index in [1.165, 1.54) is 0 Å². The van der Waals surface area contributed by atoms with Gasteiger partial charge in [-0.1, -0.05) is 46.9 Å². The summed E-state index contributed by atoms with van der Waals surface area (Å²) < 4.78 is 11.7. The predicted molar refractivity (Wildman–Crippen MR) is 129 cm³/mol. The molecular weight excluding hydrogens is 473 g/mol. The van der Waals surface area contributed by atoms with Crippen molar-refractivity contribution in [3.8, 4) is 11.5 Å². The van der Waals surface area contributed by atoms with Gasteiger partial charge in [0.05, 0.1) is 22.2 Å². The Balaban J connectivity index is 1.78. The zero-order valence-corrected chi connectivity index (χ0v) is 19.8. The van der Waals surface area contributed by atoms with Crippen LogP contribution in [0.2, 0.25) is 15.1 Å². The zero-order chi connectivity index (χ0) is 23.3. The maximum atomic E-state index is 11.3. The van der Waals surface area contributed by atoms with E-state index in [1.54, 1.807) is 36.4 Å². The van der Waals surface area contributed by atoms with Crippen LogP contribution in [0, 0.1) is 6.92 Å². The van der Waals surface area contributed by atoms with Gasteiger partial charge in [-0.2, -0.15) is 0 Å². The van der Waals surface area contributed by atoms with E-state index in [-0.39, 0.29) is 12.2 Å². The first-order valence-corrected chi connectivity index (χ1v) is 11.0. The van der Waals surface area contributed by atoms with E-state index in [2.05, 4.69) is 5.32 Å². The van der Waals surface area contributed by atoms with E-state index in [1.807, 2.05) is 26.0 Å². The first kappa shape index (κ1) is 24.1. The molecule has 0 aliphatic rings. The van der Waals surface area contributed by atoms with Crippen LogP contribution in [0.3, 0.4) is 0 Å². The maximum Gasteiger partial charge on any atom is 0.335 e. The summed E-state index contributed by atoms with van der Waals surface area (Å²) in [7, 11) is 0. The van der Waals surface area contributed by atoms with Gasteiger partial charge in [0.15, 0.2) is 11.5 Å². The van der Waals surface area contributed by atoms with Gasteiger partial charge in [-0.15, -0.1) is 0 Å². The van der Waals surface area contributed by atoms with E-state index in [9.17, 15) is 9.90 Å². The highest BCUT2D eigenvalue weighted by Gasteiger charge is 2.13. The molecule has 3 aromatic rings. The van der Waals surface area contributed by atoms with Crippen LogP contribution in [0.5, 0.6) is 11.5 Å². The quantitative estimate of drug-likeness (QED) is 0.328. The van der Waals surface area contributed by atoms with E-state index in [4.69, 9.17) is 44.3 Å². The van der Waals surface area contributed by atoms with Crippen LogP contribution in [0.25, 0.3) is 0 Å². The van der Waals surface area contributed by atoms with Gasteiger partial charge in [-0.05, 0) is 60.9 Å². The van der Waals surface area contributed by atoms with Crippen LogP contribution in [-0.4, -0.2) is 17.7 Å². The number of aryl methyl sites for hydroxylation is 1. The molecule has 2 N–H and O–H groups in total. The number of nitrogens with one attached hydrogen (secondary N) is 1. The summed E-state index contributed by atoms with van der Waals surface area (Å²) in [5.74, 6) is 0.0914. The third-order valence-corrected chi connectivity index (χ3v) is 5.84. The molecule has 5 nitrogen and oxygen atoms in total. The first-order valence-electron chi connectivity index (χ1n) is 9.88. The molecule has 0 aliphatic heterocycles. The molecule has 0 radical (unpaired) electrons. The predicted octanol–water partition coefficient (Wildman–Crippen LogP) is 7.24. The molecule has 0 saturated heterocycles. The molecule has 0 unspecified atom stereocenters. The number of hydrogen-bond donors (Lipinski definition) is 2. The Kier molecular flexibility index (Phi) is 8.13. The summed E-state index contributed by atoms with van der Waals surface area (Å²) >= 11 is 18.5. The van der Waals surface area contributed by atoms with Crippen molar-refractivity contribution in [2.24, 2.45) is 0 Å². The summed E-state index contributed by atoms with van der Waals surface area (Å²) in [5, 5.41) is 13.9. The standard InChI is InChI=1S/C24H22Cl3NO4/c1-3-31-22-10-17(12-28-21-9-16(24(29)30)6-4-14(21)2)19(26)11-23(22)32-13-15-5-7-18(25)20(27)8-15/h4-11,28H,3,12-13H2,1-2H3,(H,29,30). The Bertz CT molecular complexity index is 1130. The van der Waals surface area contributed by atoms with Crippen LogP contribution >= 0.6 is 34.8 Å². The number of aromatic carboxylic acids is 1. The molecule has 0 fully saturated rings. The van der Waals surface area contributed by atoms with Crippen LogP contribution in [0.15, 0.2) is 48.5 Å². The smallest absolute Gasteiger partial charge is 0.335 e. The van der Waals surface area contributed by atoms with Crippen LogP contribution in [0.4, 0.5) is 5.69 Å². The Morgan fingerprint density at radius 3 is 2.38 bits per heavy atom. The van der Waals surface area contributed by atoms with Crippen molar-refractivity contribution in [3.63, 3.8) is 0 Å². The summed E-state index contributed by atoms with van der Waals surface area (Å²) in [6.07, 6.45) is 0. The largest absolute Gasteiger partial charge is 0.490 e. The molecule has 8 heteroatoms. The molecule has 0 spiro atoms. The highest BCUT2D eigenvalue weighted by molar-refractivity contribution is 6.42. The number of carboxylic acid groups (broad SMARTS) is 1.